The Balaban J connectivity index is 0.00000338. The number of unbranched alkanes of at least 4 members (excludes halogenated alkanes) is 1. The molecule has 2 N–H and O–H groups in total. The van der Waals surface area contributed by atoms with Gasteiger partial charge in [0.25, 0.3) is 0 Å². The van der Waals surface area contributed by atoms with Gasteiger partial charge in [0.05, 0.1) is 18.2 Å². The molecule has 0 spiro atoms. The Bertz CT molecular complexity index is 480. The fourth-order valence-electron chi connectivity index (χ4n) is 2.86. The minimum Gasteiger partial charge on any atom is -0.382 e. The van der Waals surface area contributed by atoms with Crippen molar-refractivity contribution in [3.05, 3.63) is 17.5 Å². The average molecular weight is 496 g/mol. The third-order valence-electron chi connectivity index (χ3n) is 4.32. The molecule has 6 nitrogen and oxygen atoms in total. The van der Waals surface area contributed by atoms with E-state index < -0.39 is 0 Å². The van der Waals surface area contributed by atoms with E-state index in [1.165, 1.54) is 5.00 Å². The van der Waals surface area contributed by atoms with Crippen LogP contribution >= 0.6 is 35.3 Å². The van der Waals surface area contributed by atoms with Gasteiger partial charge in [0.2, 0.25) is 0 Å². The van der Waals surface area contributed by atoms with Crippen LogP contribution in [0.25, 0.3) is 0 Å². The van der Waals surface area contributed by atoms with E-state index in [9.17, 15) is 0 Å². The minimum atomic E-state index is 0. The summed E-state index contributed by atoms with van der Waals surface area (Å²) in [5, 5.41) is 10.5. The van der Waals surface area contributed by atoms with Gasteiger partial charge in [-0.05, 0) is 43.2 Å². The molecule has 1 saturated heterocycles. The van der Waals surface area contributed by atoms with Crippen molar-refractivity contribution in [2.24, 2.45) is 4.99 Å². The number of anilines is 1. The summed E-state index contributed by atoms with van der Waals surface area (Å²) in [5.41, 5.74) is 0. The molecule has 8 heteroatoms. The first-order valence-corrected chi connectivity index (χ1v) is 10.0. The third-order valence-corrected chi connectivity index (χ3v) is 5.25. The van der Waals surface area contributed by atoms with Crippen molar-refractivity contribution in [2.75, 3.05) is 58.5 Å². The van der Waals surface area contributed by atoms with Gasteiger partial charge in [-0.15, -0.1) is 35.3 Å². The summed E-state index contributed by atoms with van der Waals surface area (Å²) >= 11 is 1.82. The molecule has 0 atom stereocenters. The number of guanidine groups is 1. The van der Waals surface area contributed by atoms with Crippen molar-refractivity contribution >= 4 is 46.3 Å². The second-order valence-electron chi connectivity index (χ2n) is 6.17. The fourth-order valence-corrected chi connectivity index (χ4v) is 3.65. The molecule has 2 heterocycles. The number of hydrogen-bond donors (Lipinski definition) is 2. The van der Waals surface area contributed by atoms with Crippen molar-refractivity contribution in [1.29, 1.82) is 0 Å². The van der Waals surface area contributed by atoms with E-state index in [2.05, 4.69) is 38.0 Å². The van der Waals surface area contributed by atoms with Gasteiger partial charge in [0.1, 0.15) is 0 Å². The van der Waals surface area contributed by atoms with Crippen LogP contribution in [0.5, 0.6) is 0 Å². The first kappa shape index (κ1) is 23.5. The van der Waals surface area contributed by atoms with Crippen LogP contribution in [0.15, 0.2) is 22.5 Å². The monoisotopic (exact) mass is 496 g/mol. The molecule has 1 fully saturated rings. The quantitative estimate of drug-likeness (QED) is 0.226. The Morgan fingerprint density at radius 3 is 2.73 bits per heavy atom. The number of hydrogen-bond acceptors (Lipinski definition) is 5. The Kier molecular flexibility index (Phi) is 13.1. The highest BCUT2D eigenvalue weighted by atomic mass is 127. The lowest BCUT2D eigenvalue weighted by atomic mass is 10.1. The topological polar surface area (TPSA) is 58.1 Å². The minimum absolute atomic E-state index is 0. The maximum Gasteiger partial charge on any atom is 0.191 e. The second kappa shape index (κ2) is 14.5. The molecule has 1 aliphatic rings. The van der Waals surface area contributed by atoms with E-state index in [1.54, 1.807) is 7.11 Å². The molecule has 0 bridgehead atoms. The summed E-state index contributed by atoms with van der Waals surface area (Å²) in [6, 6.07) is 4.83. The van der Waals surface area contributed by atoms with E-state index in [1.807, 2.05) is 18.4 Å². The lowest BCUT2D eigenvalue weighted by Gasteiger charge is -2.33. The standard InChI is InChI=1S/C18H32N4O2S.HI/c1-19-18(20-9-3-4-12-24-14-13-23-2)21-16-7-10-22(11-8-16)17-6-5-15-25-17;/h5-6,15-16H,3-4,7-14H2,1-2H3,(H2,19,20,21);1H. The van der Waals surface area contributed by atoms with Crippen LogP contribution < -0.4 is 15.5 Å². The van der Waals surface area contributed by atoms with Gasteiger partial charge in [0.15, 0.2) is 5.96 Å². The summed E-state index contributed by atoms with van der Waals surface area (Å²) < 4.78 is 10.4. The summed E-state index contributed by atoms with van der Waals surface area (Å²) in [5.74, 6) is 0.912. The van der Waals surface area contributed by atoms with Crippen molar-refractivity contribution in [3.8, 4) is 0 Å². The van der Waals surface area contributed by atoms with Crippen LogP contribution in [0.4, 0.5) is 5.00 Å². The molecular formula is C18H33IN4O2S. The highest BCUT2D eigenvalue weighted by Crippen LogP contribution is 2.24. The Morgan fingerprint density at radius 2 is 2.08 bits per heavy atom. The largest absolute Gasteiger partial charge is 0.382 e. The molecule has 1 aliphatic heterocycles. The molecule has 0 aliphatic carbocycles. The van der Waals surface area contributed by atoms with Crippen LogP contribution in [0.2, 0.25) is 0 Å². The first-order valence-electron chi connectivity index (χ1n) is 9.16. The smallest absolute Gasteiger partial charge is 0.191 e. The number of nitrogens with zero attached hydrogens (tertiary/aromatic N) is 2. The summed E-state index contributed by atoms with van der Waals surface area (Å²) in [7, 11) is 3.53. The molecule has 1 aromatic rings. The van der Waals surface area contributed by atoms with Gasteiger partial charge in [-0.25, -0.2) is 0 Å². The summed E-state index contributed by atoms with van der Waals surface area (Å²) in [6.45, 7) is 5.26. The predicted molar refractivity (Wildman–Crippen MR) is 121 cm³/mol. The normalized spacial score (nSPS) is 15.6. The van der Waals surface area contributed by atoms with E-state index in [4.69, 9.17) is 9.47 Å². The molecule has 0 radical (unpaired) electrons. The zero-order valence-electron chi connectivity index (χ0n) is 15.9. The number of thiophene rings is 1. The van der Waals surface area contributed by atoms with Crippen molar-refractivity contribution in [2.45, 2.75) is 31.7 Å². The van der Waals surface area contributed by atoms with Gasteiger partial charge in [0, 0.05) is 46.4 Å². The number of rotatable bonds is 10. The number of piperidine rings is 1. The highest BCUT2D eigenvalue weighted by Gasteiger charge is 2.20. The van der Waals surface area contributed by atoms with E-state index in [0.29, 0.717) is 19.3 Å². The number of ether oxygens (including phenoxy) is 2. The first-order chi connectivity index (χ1) is 12.3. The lowest BCUT2D eigenvalue weighted by molar-refractivity contribution is 0.0689. The molecule has 26 heavy (non-hydrogen) atoms. The molecule has 0 unspecified atom stereocenters. The average Bonchev–Trinajstić information content (AvgIpc) is 3.18. The Labute approximate surface area is 178 Å². The molecule has 2 rings (SSSR count). The van der Waals surface area contributed by atoms with Gasteiger partial charge < -0.3 is 25.0 Å². The van der Waals surface area contributed by atoms with E-state index >= 15 is 0 Å². The molecule has 1 aromatic heterocycles. The molecule has 150 valence electrons. The molecular weight excluding hydrogens is 463 g/mol. The summed E-state index contributed by atoms with van der Waals surface area (Å²) in [6.07, 6.45) is 4.41. The van der Waals surface area contributed by atoms with Gasteiger partial charge >= 0.3 is 0 Å². The number of halogens is 1. The van der Waals surface area contributed by atoms with Crippen LogP contribution in [0.3, 0.4) is 0 Å². The Morgan fingerprint density at radius 1 is 1.27 bits per heavy atom. The number of methoxy groups -OCH3 is 1. The van der Waals surface area contributed by atoms with Gasteiger partial charge in [-0.1, -0.05) is 0 Å². The molecule has 0 saturated carbocycles. The SMILES string of the molecule is CN=C(NCCCCOCCOC)NC1CCN(c2cccs2)CC1.I. The second-order valence-corrected chi connectivity index (χ2v) is 7.09. The molecule has 0 aromatic carbocycles. The van der Waals surface area contributed by atoms with Crippen LogP contribution in [-0.2, 0) is 9.47 Å². The van der Waals surface area contributed by atoms with Crippen LogP contribution in [-0.4, -0.2) is 65.6 Å². The highest BCUT2D eigenvalue weighted by molar-refractivity contribution is 14.0. The Hall–Kier alpha value is -0.580. The maximum absolute atomic E-state index is 5.47. The molecule has 0 amide bonds. The van der Waals surface area contributed by atoms with E-state index in [0.717, 1.165) is 57.9 Å². The van der Waals surface area contributed by atoms with E-state index in [-0.39, 0.29) is 24.0 Å². The van der Waals surface area contributed by atoms with Crippen LogP contribution in [0, 0.1) is 0 Å². The summed E-state index contributed by atoms with van der Waals surface area (Å²) in [4.78, 5) is 6.82. The van der Waals surface area contributed by atoms with Crippen molar-refractivity contribution in [1.82, 2.24) is 10.6 Å². The van der Waals surface area contributed by atoms with Gasteiger partial charge in [-0.2, -0.15) is 0 Å². The maximum atomic E-state index is 5.47. The third kappa shape index (κ3) is 8.88. The zero-order chi connectivity index (χ0) is 17.7. The van der Waals surface area contributed by atoms with Crippen LogP contribution in [0.1, 0.15) is 25.7 Å². The zero-order valence-corrected chi connectivity index (χ0v) is 19.1. The lowest BCUT2D eigenvalue weighted by Crippen LogP contribution is -2.48. The number of nitrogens with one attached hydrogen (secondary N) is 2. The predicted octanol–water partition coefficient (Wildman–Crippen LogP) is 2.94. The fraction of sp³-hybridized carbons (Fsp3) is 0.722. The van der Waals surface area contributed by atoms with Crippen molar-refractivity contribution < 1.29 is 9.47 Å². The van der Waals surface area contributed by atoms with Gasteiger partial charge in [-0.3, -0.25) is 4.99 Å². The number of aliphatic imine (C=N–C) groups is 1. The van der Waals surface area contributed by atoms with Crippen molar-refractivity contribution in [3.63, 3.8) is 0 Å².